The first-order valence-electron chi connectivity index (χ1n) is 7.29. The molecule has 21 heavy (non-hydrogen) atoms. The average molecular weight is 307 g/mol. The van der Waals surface area contributed by atoms with Gasteiger partial charge in [-0.15, -0.1) is 0 Å². The Balaban J connectivity index is 1.71. The number of aliphatic hydroxyl groups is 1. The fourth-order valence-electron chi connectivity index (χ4n) is 2.74. The van der Waals surface area contributed by atoms with Crippen LogP contribution in [-0.4, -0.2) is 37.3 Å². The summed E-state index contributed by atoms with van der Waals surface area (Å²) in [5.74, 6) is 1.26. The molecule has 0 saturated carbocycles. The number of nitrogens with zero attached hydrogens (tertiary/aromatic N) is 5. The summed E-state index contributed by atoms with van der Waals surface area (Å²) in [7, 11) is 1.87. The lowest BCUT2D eigenvalue weighted by molar-refractivity contribution is 0.00414. The highest BCUT2D eigenvalue weighted by Gasteiger charge is 2.37. The molecule has 0 radical (unpaired) electrons. The van der Waals surface area contributed by atoms with Crippen LogP contribution in [0.25, 0.3) is 0 Å². The minimum atomic E-state index is -0.784. The van der Waals surface area contributed by atoms with E-state index in [1.165, 1.54) is 11.5 Å². The van der Waals surface area contributed by atoms with Crippen molar-refractivity contribution in [3.05, 3.63) is 23.8 Å². The van der Waals surface area contributed by atoms with Crippen molar-refractivity contribution in [2.45, 2.75) is 38.2 Å². The zero-order valence-corrected chi connectivity index (χ0v) is 13.5. The Morgan fingerprint density at radius 3 is 2.57 bits per heavy atom. The second-order valence-corrected chi connectivity index (χ2v) is 6.68. The summed E-state index contributed by atoms with van der Waals surface area (Å²) in [5, 5.41) is 16.0. The molecule has 0 aromatic carbocycles. The van der Waals surface area contributed by atoms with Gasteiger partial charge in [0.25, 0.3) is 0 Å². The van der Waals surface area contributed by atoms with E-state index in [9.17, 15) is 5.11 Å². The first-order chi connectivity index (χ1) is 9.99. The lowest BCUT2D eigenvalue weighted by Crippen LogP contribution is -2.43. The first-order valence-corrected chi connectivity index (χ1v) is 8.06. The standard InChI is InChI=1S/C14H21N5OS/c1-10(2)12-16-13(21-17-12)19-8-5-14(20,6-9-19)11-4-7-15-18(11)3/h4,7,10,20H,5-6,8-9H2,1-3H3. The van der Waals surface area contributed by atoms with Crippen LogP contribution in [0.1, 0.15) is 44.1 Å². The van der Waals surface area contributed by atoms with E-state index < -0.39 is 5.60 Å². The largest absolute Gasteiger partial charge is 0.383 e. The van der Waals surface area contributed by atoms with E-state index in [1.54, 1.807) is 10.9 Å². The van der Waals surface area contributed by atoms with Crippen molar-refractivity contribution in [1.82, 2.24) is 19.1 Å². The fourth-order valence-corrected chi connectivity index (χ4v) is 3.60. The third-order valence-electron chi connectivity index (χ3n) is 4.11. The molecule has 1 saturated heterocycles. The quantitative estimate of drug-likeness (QED) is 0.938. The number of hydrogen-bond donors (Lipinski definition) is 1. The van der Waals surface area contributed by atoms with Crippen LogP contribution in [0.5, 0.6) is 0 Å². The number of rotatable bonds is 3. The van der Waals surface area contributed by atoms with Crippen LogP contribution < -0.4 is 4.90 Å². The van der Waals surface area contributed by atoms with E-state index in [0.29, 0.717) is 18.8 Å². The number of piperidine rings is 1. The number of hydrogen-bond acceptors (Lipinski definition) is 6. The summed E-state index contributed by atoms with van der Waals surface area (Å²) in [6.07, 6.45) is 3.10. The molecule has 3 heterocycles. The molecular formula is C14H21N5OS. The first kappa shape index (κ1) is 14.5. The van der Waals surface area contributed by atoms with Crippen LogP contribution in [0, 0.1) is 0 Å². The molecule has 2 aromatic rings. The van der Waals surface area contributed by atoms with E-state index in [-0.39, 0.29) is 0 Å². The molecule has 1 aliphatic rings. The molecule has 0 spiro atoms. The van der Waals surface area contributed by atoms with E-state index in [2.05, 4.69) is 33.2 Å². The van der Waals surface area contributed by atoms with Gasteiger partial charge in [0.2, 0.25) is 5.13 Å². The van der Waals surface area contributed by atoms with Crippen molar-refractivity contribution in [2.75, 3.05) is 18.0 Å². The van der Waals surface area contributed by atoms with Crippen molar-refractivity contribution >= 4 is 16.7 Å². The molecule has 2 aromatic heterocycles. The Hall–Kier alpha value is -1.47. The normalized spacial score (nSPS) is 18.4. The molecule has 0 aliphatic carbocycles. The monoisotopic (exact) mass is 307 g/mol. The van der Waals surface area contributed by atoms with Gasteiger partial charge in [-0.2, -0.15) is 9.47 Å². The van der Waals surface area contributed by atoms with Crippen LogP contribution >= 0.6 is 11.5 Å². The van der Waals surface area contributed by atoms with Crippen molar-refractivity contribution in [3.8, 4) is 0 Å². The van der Waals surface area contributed by atoms with Crippen LogP contribution in [0.15, 0.2) is 12.3 Å². The van der Waals surface area contributed by atoms with Crippen molar-refractivity contribution in [1.29, 1.82) is 0 Å². The molecule has 1 fully saturated rings. The zero-order valence-electron chi connectivity index (χ0n) is 12.7. The SMILES string of the molecule is CC(C)c1nsc(N2CCC(O)(c3ccnn3C)CC2)n1. The average Bonchev–Trinajstić information content (AvgIpc) is 3.08. The van der Waals surface area contributed by atoms with Gasteiger partial charge >= 0.3 is 0 Å². The van der Waals surface area contributed by atoms with Crippen LogP contribution in [0.4, 0.5) is 5.13 Å². The number of aryl methyl sites for hydroxylation is 1. The van der Waals surface area contributed by atoms with E-state index in [1.807, 2.05) is 13.1 Å². The maximum absolute atomic E-state index is 10.9. The second kappa shape index (κ2) is 5.38. The molecular weight excluding hydrogens is 286 g/mol. The van der Waals surface area contributed by atoms with Gasteiger partial charge in [-0.25, -0.2) is 4.98 Å². The minimum Gasteiger partial charge on any atom is -0.383 e. The van der Waals surface area contributed by atoms with E-state index >= 15 is 0 Å². The second-order valence-electron chi connectivity index (χ2n) is 5.95. The zero-order chi connectivity index (χ0) is 15.0. The molecule has 0 atom stereocenters. The van der Waals surface area contributed by atoms with Gasteiger partial charge in [0, 0.05) is 43.8 Å². The van der Waals surface area contributed by atoms with Gasteiger partial charge in [-0.05, 0) is 18.9 Å². The van der Waals surface area contributed by atoms with Gasteiger partial charge in [-0.3, -0.25) is 4.68 Å². The van der Waals surface area contributed by atoms with Crippen LogP contribution in [0.3, 0.4) is 0 Å². The highest BCUT2D eigenvalue weighted by molar-refractivity contribution is 7.09. The molecule has 0 bridgehead atoms. The maximum atomic E-state index is 10.9. The summed E-state index contributed by atoms with van der Waals surface area (Å²) >= 11 is 1.45. The summed E-state index contributed by atoms with van der Waals surface area (Å²) in [5.41, 5.74) is 0.107. The smallest absolute Gasteiger partial charge is 0.205 e. The Kier molecular flexibility index (Phi) is 3.71. The van der Waals surface area contributed by atoms with Gasteiger partial charge in [0.05, 0.1) is 5.69 Å². The highest BCUT2D eigenvalue weighted by Crippen LogP contribution is 2.34. The van der Waals surface area contributed by atoms with Crippen LogP contribution in [0.2, 0.25) is 0 Å². The van der Waals surface area contributed by atoms with Gasteiger partial charge in [0.15, 0.2) is 0 Å². The fraction of sp³-hybridized carbons (Fsp3) is 0.643. The Labute approximate surface area is 128 Å². The lowest BCUT2D eigenvalue weighted by Gasteiger charge is -2.37. The van der Waals surface area contributed by atoms with E-state index in [4.69, 9.17) is 0 Å². The predicted molar refractivity (Wildman–Crippen MR) is 82.5 cm³/mol. The third-order valence-corrected chi connectivity index (χ3v) is 4.90. The Bertz CT molecular complexity index is 612. The molecule has 6 nitrogen and oxygen atoms in total. The van der Waals surface area contributed by atoms with Crippen molar-refractivity contribution in [3.63, 3.8) is 0 Å². The van der Waals surface area contributed by atoms with Crippen molar-refractivity contribution < 1.29 is 5.11 Å². The Morgan fingerprint density at radius 2 is 2.05 bits per heavy atom. The highest BCUT2D eigenvalue weighted by atomic mass is 32.1. The minimum absolute atomic E-state index is 0.353. The molecule has 0 unspecified atom stereocenters. The third kappa shape index (κ3) is 2.67. The molecule has 7 heteroatoms. The van der Waals surface area contributed by atoms with Gasteiger partial charge < -0.3 is 10.0 Å². The summed E-state index contributed by atoms with van der Waals surface area (Å²) in [4.78, 5) is 6.81. The van der Waals surface area contributed by atoms with Gasteiger partial charge in [0.1, 0.15) is 11.4 Å². The van der Waals surface area contributed by atoms with Crippen molar-refractivity contribution in [2.24, 2.45) is 7.05 Å². The number of anilines is 1. The lowest BCUT2D eigenvalue weighted by atomic mass is 9.88. The molecule has 1 aliphatic heterocycles. The van der Waals surface area contributed by atoms with Gasteiger partial charge in [-0.1, -0.05) is 13.8 Å². The Morgan fingerprint density at radius 1 is 1.33 bits per heavy atom. The summed E-state index contributed by atoms with van der Waals surface area (Å²) in [6, 6.07) is 1.90. The summed E-state index contributed by atoms with van der Waals surface area (Å²) < 4.78 is 6.16. The number of aromatic nitrogens is 4. The molecule has 114 valence electrons. The molecule has 1 N–H and O–H groups in total. The predicted octanol–water partition coefficient (Wildman–Crippen LogP) is 1.88. The topological polar surface area (TPSA) is 67.1 Å². The molecule has 3 rings (SSSR count). The molecule has 0 amide bonds. The van der Waals surface area contributed by atoms with Crippen LogP contribution in [-0.2, 0) is 12.6 Å². The van der Waals surface area contributed by atoms with E-state index in [0.717, 1.165) is 29.7 Å². The maximum Gasteiger partial charge on any atom is 0.205 e. The summed E-state index contributed by atoms with van der Waals surface area (Å²) in [6.45, 7) is 5.77.